The Labute approximate surface area is 148 Å². The van der Waals surface area contributed by atoms with Crippen LogP contribution in [0.1, 0.15) is 40.9 Å². The van der Waals surface area contributed by atoms with Crippen molar-refractivity contribution in [3.8, 4) is 0 Å². The van der Waals surface area contributed by atoms with Gasteiger partial charge in [-0.15, -0.1) is 0 Å². The van der Waals surface area contributed by atoms with Gasteiger partial charge < -0.3 is 4.90 Å². The molecule has 1 amide bonds. The van der Waals surface area contributed by atoms with E-state index in [1.807, 2.05) is 4.90 Å². The Morgan fingerprint density at radius 3 is 2.80 bits per heavy atom. The zero-order valence-electron chi connectivity index (χ0n) is 14.9. The molecule has 1 saturated heterocycles. The number of benzene rings is 1. The van der Waals surface area contributed by atoms with Crippen molar-refractivity contribution in [2.24, 2.45) is 13.0 Å². The summed E-state index contributed by atoms with van der Waals surface area (Å²) >= 11 is 0. The van der Waals surface area contributed by atoms with Gasteiger partial charge in [0.25, 0.3) is 11.5 Å². The van der Waals surface area contributed by atoms with Gasteiger partial charge in [-0.2, -0.15) is 5.10 Å². The summed E-state index contributed by atoms with van der Waals surface area (Å²) in [6.45, 7) is 3.69. The highest BCUT2D eigenvalue weighted by Gasteiger charge is 2.25. The lowest BCUT2D eigenvalue weighted by Gasteiger charge is -2.32. The third kappa shape index (κ3) is 4.16. The molecule has 5 heteroatoms. The van der Waals surface area contributed by atoms with Crippen LogP contribution in [0.2, 0.25) is 0 Å². The smallest absolute Gasteiger partial charge is 0.274 e. The third-order valence-electron chi connectivity index (χ3n) is 5.07. The molecule has 1 aromatic carbocycles. The molecule has 2 heterocycles. The predicted octanol–water partition coefficient (Wildman–Crippen LogP) is 2.57. The highest BCUT2D eigenvalue weighted by atomic mass is 16.2. The van der Waals surface area contributed by atoms with Gasteiger partial charge in [0.2, 0.25) is 0 Å². The summed E-state index contributed by atoms with van der Waals surface area (Å²) in [5, 5.41) is 4.09. The lowest BCUT2D eigenvalue weighted by atomic mass is 9.90. The Hall–Kier alpha value is -2.43. The Balaban J connectivity index is 1.62. The highest BCUT2D eigenvalue weighted by Crippen LogP contribution is 2.23. The van der Waals surface area contributed by atoms with Crippen molar-refractivity contribution < 1.29 is 4.79 Å². The monoisotopic (exact) mass is 339 g/mol. The first-order valence-electron chi connectivity index (χ1n) is 8.93. The van der Waals surface area contributed by atoms with Crippen LogP contribution in [0.15, 0.2) is 41.2 Å². The maximum Gasteiger partial charge on any atom is 0.274 e. The van der Waals surface area contributed by atoms with Gasteiger partial charge in [0, 0.05) is 26.2 Å². The van der Waals surface area contributed by atoms with Gasteiger partial charge in [-0.3, -0.25) is 9.59 Å². The minimum atomic E-state index is -0.202. The molecule has 0 unspecified atom stereocenters. The molecule has 1 aliphatic heterocycles. The fourth-order valence-corrected chi connectivity index (χ4v) is 3.51. The first kappa shape index (κ1) is 17.4. The first-order chi connectivity index (χ1) is 12.0. The van der Waals surface area contributed by atoms with E-state index in [0.717, 1.165) is 38.8 Å². The summed E-state index contributed by atoms with van der Waals surface area (Å²) in [7, 11) is 1.57. The molecule has 0 N–H and O–H groups in total. The van der Waals surface area contributed by atoms with Crippen LogP contribution in [0, 0.1) is 12.8 Å². The average Bonchev–Trinajstić information content (AvgIpc) is 2.63. The second-order valence-corrected chi connectivity index (χ2v) is 6.91. The van der Waals surface area contributed by atoms with Crippen LogP contribution in [0.4, 0.5) is 0 Å². The Kier molecular flexibility index (Phi) is 5.31. The van der Waals surface area contributed by atoms with E-state index in [-0.39, 0.29) is 11.5 Å². The van der Waals surface area contributed by atoms with Gasteiger partial charge in [-0.1, -0.05) is 24.3 Å². The molecule has 1 atom stereocenters. The standard InChI is InChI=1S/C20H25N3O2/c1-15-6-3-4-8-17(15)10-9-16-7-5-13-23(14-16)20(25)18-11-12-19(24)22(2)21-18/h3-4,6,8,11-12,16H,5,7,9-10,13-14H2,1-2H3/t16-/m0/s1. The van der Waals surface area contributed by atoms with E-state index < -0.39 is 0 Å². The van der Waals surface area contributed by atoms with Gasteiger partial charge in [-0.05, 0) is 55.7 Å². The summed E-state index contributed by atoms with van der Waals surface area (Å²) in [6.07, 6.45) is 4.33. The number of hydrogen-bond donors (Lipinski definition) is 0. The molecular weight excluding hydrogens is 314 g/mol. The van der Waals surface area contributed by atoms with E-state index in [0.29, 0.717) is 11.6 Å². The van der Waals surface area contributed by atoms with Crippen LogP contribution in [0.25, 0.3) is 0 Å². The maximum atomic E-state index is 12.7. The van der Waals surface area contributed by atoms with E-state index in [1.54, 1.807) is 7.05 Å². The van der Waals surface area contributed by atoms with E-state index >= 15 is 0 Å². The molecule has 0 radical (unpaired) electrons. The molecule has 0 aliphatic carbocycles. The Morgan fingerprint density at radius 2 is 2.04 bits per heavy atom. The van der Waals surface area contributed by atoms with Crippen molar-refractivity contribution in [1.29, 1.82) is 0 Å². The van der Waals surface area contributed by atoms with Gasteiger partial charge in [0.1, 0.15) is 5.69 Å². The van der Waals surface area contributed by atoms with Gasteiger partial charge in [-0.25, -0.2) is 4.68 Å². The Bertz CT molecular complexity index is 813. The van der Waals surface area contributed by atoms with Crippen molar-refractivity contribution in [1.82, 2.24) is 14.7 Å². The first-order valence-corrected chi connectivity index (χ1v) is 8.93. The molecular formula is C20H25N3O2. The SMILES string of the molecule is Cc1ccccc1CC[C@@H]1CCCN(C(=O)c2ccc(=O)n(C)n2)C1. The van der Waals surface area contributed by atoms with E-state index in [9.17, 15) is 9.59 Å². The van der Waals surface area contributed by atoms with E-state index in [2.05, 4.69) is 36.3 Å². The second-order valence-electron chi connectivity index (χ2n) is 6.91. The zero-order valence-corrected chi connectivity index (χ0v) is 14.9. The molecule has 1 fully saturated rings. The summed E-state index contributed by atoms with van der Waals surface area (Å²) in [5.74, 6) is 0.445. The van der Waals surface area contributed by atoms with Crippen LogP contribution in [0.3, 0.4) is 0 Å². The summed E-state index contributed by atoms with van der Waals surface area (Å²) in [6, 6.07) is 11.4. The van der Waals surface area contributed by atoms with Crippen molar-refractivity contribution >= 4 is 5.91 Å². The number of nitrogens with zero attached hydrogens (tertiary/aromatic N) is 3. The number of carbonyl (C=O) groups is 1. The third-order valence-corrected chi connectivity index (χ3v) is 5.07. The molecule has 0 saturated carbocycles. The number of hydrogen-bond acceptors (Lipinski definition) is 3. The topological polar surface area (TPSA) is 55.2 Å². The molecule has 0 bridgehead atoms. The molecule has 0 spiro atoms. The lowest BCUT2D eigenvalue weighted by Crippen LogP contribution is -2.41. The van der Waals surface area contributed by atoms with Crippen LogP contribution >= 0.6 is 0 Å². The Morgan fingerprint density at radius 1 is 1.24 bits per heavy atom. The van der Waals surface area contributed by atoms with E-state index in [4.69, 9.17) is 0 Å². The second kappa shape index (κ2) is 7.64. The van der Waals surface area contributed by atoms with Crippen molar-refractivity contribution in [3.05, 3.63) is 63.6 Å². The lowest BCUT2D eigenvalue weighted by molar-refractivity contribution is 0.0659. The quantitative estimate of drug-likeness (QED) is 0.860. The molecule has 25 heavy (non-hydrogen) atoms. The number of aromatic nitrogens is 2. The van der Waals surface area contributed by atoms with Gasteiger partial charge >= 0.3 is 0 Å². The molecule has 1 aliphatic rings. The number of carbonyl (C=O) groups excluding carboxylic acids is 1. The van der Waals surface area contributed by atoms with Crippen molar-refractivity contribution in [2.75, 3.05) is 13.1 Å². The number of likely N-dealkylation sites (tertiary alicyclic amines) is 1. The van der Waals surface area contributed by atoms with Crippen molar-refractivity contribution in [3.63, 3.8) is 0 Å². The molecule has 5 nitrogen and oxygen atoms in total. The summed E-state index contributed by atoms with van der Waals surface area (Å²) < 4.78 is 1.22. The minimum absolute atomic E-state index is 0.0730. The normalized spacial score (nSPS) is 17.5. The number of rotatable bonds is 4. The summed E-state index contributed by atoms with van der Waals surface area (Å²) in [5.41, 5.74) is 2.87. The van der Waals surface area contributed by atoms with Crippen LogP contribution < -0.4 is 5.56 Å². The largest absolute Gasteiger partial charge is 0.337 e. The average molecular weight is 339 g/mol. The maximum absolute atomic E-state index is 12.7. The van der Waals surface area contributed by atoms with Gasteiger partial charge in [0.05, 0.1) is 0 Å². The van der Waals surface area contributed by atoms with Crippen molar-refractivity contribution in [2.45, 2.75) is 32.6 Å². The fourth-order valence-electron chi connectivity index (χ4n) is 3.51. The predicted molar refractivity (Wildman–Crippen MR) is 97.6 cm³/mol. The number of amides is 1. The fraction of sp³-hybridized carbons (Fsp3) is 0.450. The molecule has 132 valence electrons. The van der Waals surface area contributed by atoms with E-state index in [1.165, 1.54) is 27.9 Å². The zero-order chi connectivity index (χ0) is 17.8. The highest BCUT2D eigenvalue weighted by molar-refractivity contribution is 5.92. The molecule has 2 aromatic rings. The summed E-state index contributed by atoms with van der Waals surface area (Å²) in [4.78, 5) is 26.0. The van der Waals surface area contributed by atoms with Crippen LogP contribution in [-0.4, -0.2) is 33.7 Å². The minimum Gasteiger partial charge on any atom is -0.337 e. The van der Waals surface area contributed by atoms with Gasteiger partial charge in [0.15, 0.2) is 0 Å². The molecule has 3 rings (SSSR count). The van der Waals surface area contributed by atoms with Crippen LogP contribution in [-0.2, 0) is 13.5 Å². The molecule has 1 aromatic heterocycles. The van der Waals surface area contributed by atoms with Crippen LogP contribution in [0.5, 0.6) is 0 Å². The number of piperidine rings is 1. The number of aryl methyl sites for hydroxylation is 3.